The van der Waals surface area contributed by atoms with Crippen LogP contribution in [0, 0.1) is 0 Å². The van der Waals surface area contributed by atoms with Crippen molar-refractivity contribution in [3.05, 3.63) is 64.3 Å². The van der Waals surface area contributed by atoms with Gasteiger partial charge in [0.05, 0.1) is 5.69 Å². The van der Waals surface area contributed by atoms with E-state index in [1.807, 2.05) is 36.4 Å². The van der Waals surface area contributed by atoms with Crippen LogP contribution in [-0.4, -0.2) is 24.4 Å². The highest BCUT2D eigenvalue weighted by molar-refractivity contribution is 9.10. The van der Waals surface area contributed by atoms with E-state index in [0.29, 0.717) is 11.4 Å². The molecule has 2 aliphatic rings. The predicted octanol–water partition coefficient (Wildman–Crippen LogP) is 4.27. The third kappa shape index (κ3) is 4.12. The summed E-state index contributed by atoms with van der Waals surface area (Å²) < 4.78 is 6.77. The van der Waals surface area contributed by atoms with E-state index in [4.69, 9.17) is 4.74 Å². The second-order valence-corrected chi connectivity index (χ2v) is 7.99. The van der Waals surface area contributed by atoms with Crippen molar-refractivity contribution in [3.63, 3.8) is 0 Å². The average Bonchev–Trinajstić information content (AvgIpc) is 3.18. The lowest BCUT2D eigenvalue weighted by Crippen LogP contribution is -2.46. The minimum atomic E-state index is -0.319. The number of anilines is 1. The molecule has 0 unspecified atom stereocenters. The molecule has 1 heterocycles. The zero-order valence-corrected chi connectivity index (χ0v) is 16.9. The lowest BCUT2D eigenvalue weighted by atomic mass is 10.1. The van der Waals surface area contributed by atoms with Gasteiger partial charge in [0.15, 0.2) is 11.5 Å². The van der Waals surface area contributed by atoms with Crippen molar-refractivity contribution < 1.29 is 14.3 Å². The molecule has 0 aromatic heterocycles. The van der Waals surface area contributed by atoms with Crippen LogP contribution in [0.25, 0.3) is 6.08 Å². The van der Waals surface area contributed by atoms with Crippen molar-refractivity contribution >= 4 is 39.5 Å². The Bertz CT molecular complexity index is 935. The number of hydrogen-bond donors (Lipinski definition) is 1. The number of ether oxygens (including phenoxy) is 1. The highest BCUT2D eigenvalue weighted by Gasteiger charge is 2.32. The first-order valence-corrected chi connectivity index (χ1v) is 10.2. The van der Waals surface area contributed by atoms with Gasteiger partial charge in [-0.2, -0.15) is 0 Å². The number of carbonyl (C=O) groups is 2. The summed E-state index contributed by atoms with van der Waals surface area (Å²) in [4.78, 5) is 27.1. The number of hydrogen-bond acceptors (Lipinski definition) is 3. The molecule has 2 aromatic rings. The van der Waals surface area contributed by atoms with Gasteiger partial charge in [-0.25, -0.2) is 0 Å². The normalized spacial score (nSPS) is 18.1. The van der Waals surface area contributed by atoms with Crippen molar-refractivity contribution in [2.75, 3.05) is 11.4 Å². The van der Waals surface area contributed by atoms with Gasteiger partial charge in [0.25, 0.3) is 5.91 Å². The lowest BCUT2D eigenvalue weighted by molar-refractivity contribution is -0.123. The molecule has 1 N–H and O–H groups in total. The number of fused-ring (bicyclic) bond motifs is 1. The minimum absolute atomic E-state index is 0.0223. The predicted molar refractivity (Wildman–Crippen MR) is 112 cm³/mol. The van der Waals surface area contributed by atoms with E-state index in [1.165, 1.54) is 4.90 Å². The van der Waals surface area contributed by atoms with E-state index in [1.54, 1.807) is 18.2 Å². The number of carbonyl (C=O) groups excluding carboxylic acids is 2. The molecule has 6 heteroatoms. The van der Waals surface area contributed by atoms with E-state index in [-0.39, 0.29) is 30.2 Å². The molecule has 0 atom stereocenters. The van der Waals surface area contributed by atoms with Crippen LogP contribution in [0.1, 0.15) is 31.2 Å². The summed E-state index contributed by atoms with van der Waals surface area (Å²) in [5, 5.41) is 3.05. The lowest BCUT2D eigenvalue weighted by Gasteiger charge is -2.30. The van der Waals surface area contributed by atoms with Crippen molar-refractivity contribution in [2.24, 2.45) is 0 Å². The van der Waals surface area contributed by atoms with Gasteiger partial charge in [-0.1, -0.05) is 53.0 Å². The van der Waals surface area contributed by atoms with E-state index < -0.39 is 0 Å². The fourth-order valence-electron chi connectivity index (χ4n) is 3.65. The zero-order chi connectivity index (χ0) is 19.5. The summed E-state index contributed by atoms with van der Waals surface area (Å²) in [5.41, 5.74) is 1.45. The number of amides is 2. The fraction of sp³-hybridized carbons (Fsp3) is 0.273. The molecule has 1 aliphatic carbocycles. The van der Waals surface area contributed by atoms with Crippen LogP contribution in [0.15, 0.2) is 58.8 Å². The topological polar surface area (TPSA) is 58.6 Å². The number of para-hydroxylation sites is 2. The molecule has 0 bridgehead atoms. The van der Waals surface area contributed by atoms with Crippen LogP contribution in [0.2, 0.25) is 0 Å². The monoisotopic (exact) mass is 440 g/mol. The summed E-state index contributed by atoms with van der Waals surface area (Å²) in [6.07, 6.45) is 6.00. The Morgan fingerprint density at radius 2 is 1.96 bits per heavy atom. The Morgan fingerprint density at radius 3 is 2.75 bits per heavy atom. The molecule has 4 rings (SSSR count). The van der Waals surface area contributed by atoms with Gasteiger partial charge in [0.2, 0.25) is 5.91 Å². The first-order chi connectivity index (χ1) is 13.6. The average molecular weight is 441 g/mol. The van der Waals surface area contributed by atoms with Crippen molar-refractivity contribution in [2.45, 2.75) is 31.7 Å². The molecule has 1 fully saturated rings. The van der Waals surface area contributed by atoms with E-state index >= 15 is 0 Å². The van der Waals surface area contributed by atoms with Gasteiger partial charge in [-0.3, -0.25) is 14.5 Å². The van der Waals surface area contributed by atoms with Crippen molar-refractivity contribution in [1.29, 1.82) is 0 Å². The number of nitrogens with zero attached hydrogens (tertiary/aromatic N) is 1. The Kier molecular flexibility index (Phi) is 5.48. The Labute approximate surface area is 172 Å². The molecule has 5 nitrogen and oxygen atoms in total. The van der Waals surface area contributed by atoms with Crippen LogP contribution in [0.4, 0.5) is 5.69 Å². The molecule has 2 aromatic carbocycles. The smallest absolute Gasteiger partial charge is 0.294 e. The summed E-state index contributed by atoms with van der Waals surface area (Å²) in [6.45, 7) is -0.0223. The Hall–Kier alpha value is -2.60. The van der Waals surface area contributed by atoms with Crippen LogP contribution in [0.3, 0.4) is 0 Å². The number of halogens is 1. The highest BCUT2D eigenvalue weighted by Crippen LogP contribution is 2.35. The fourth-order valence-corrected chi connectivity index (χ4v) is 4.07. The molecule has 1 aliphatic heterocycles. The van der Waals surface area contributed by atoms with E-state index in [0.717, 1.165) is 35.7 Å². The maximum Gasteiger partial charge on any atom is 0.294 e. The van der Waals surface area contributed by atoms with Gasteiger partial charge >= 0.3 is 0 Å². The van der Waals surface area contributed by atoms with Crippen LogP contribution in [0.5, 0.6) is 5.75 Å². The quantitative estimate of drug-likeness (QED) is 0.721. The molecular weight excluding hydrogens is 420 g/mol. The third-order valence-corrected chi connectivity index (χ3v) is 5.49. The van der Waals surface area contributed by atoms with Gasteiger partial charge in [-0.05, 0) is 48.7 Å². The standard InChI is InChI=1S/C22H21BrN2O3/c23-16-7-5-6-15(12-16)13-20-22(27)25(18-10-3-4-11-19(18)28-20)14-21(26)24-17-8-1-2-9-17/h3-7,10-13,17H,1-2,8-9,14H2,(H,24,26). The maximum absolute atomic E-state index is 13.1. The number of nitrogens with one attached hydrogen (secondary N) is 1. The third-order valence-electron chi connectivity index (χ3n) is 5.00. The first kappa shape index (κ1) is 18.7. The van der Waals surface area contributed by atoms with Gasteiger partial charge in [0, 0.05) is 10.5 Å². The van der Waals surface area contributed by atoms with Crippen molar-refractivity contribution in [3.8, 4) is 5.75 Å². The molecule has 28 heavy (non-hydrogen) atoms. The zero-order valence-electron chi connectivity index (χ0n) is 15.4. The van der Waals surface area contributed by atoms with Crippen LogP contribution in [-0.2, 0) is 9.59 Å². The van der Waals surface area contributed by atoms with E-state index in [9.17, 15) is 9.59 Å². The Balaban J connectivity index is 1.60. The molecule has 0 radical (unpaired) electrons. The van der Waals surface area contributed by atoms with Gasteiger partial charge < -0.3 is 10.1 Å². The summed E-state index contributed by atoms with van der Waals surface area (Å²) in [7, 11) is 0. The number of rotatable bonds is 4. The van der Waals surface area contributed by atoms with Crippen LogP contribution < -0.4 is 15.0 Å². The second kappa shape index (κ2) is 8.19. The molecular formula is C22H21BrN2O3. The van der Waals surface area contributed by atoms with Crippen molar-refractivity contribution in [1.82, 2.24) is 5.32 Å². The maximum atomic E-state index is 13.1. The molecule has 2 amide bonds. The highest BCUT2D eigenvalue weighted by atomic mass is 79.9. The van der Waals surface area contributed by atoms with Gasteiger partial charge in [0.1, 0.15) is 6.54 Å². The second-order valence-electron chi connectivity index (χ2n) is 7.07. The summed E-state index contributed by atoms with van der Waals surface area (Å²) >= 11 is 3.44. The SMILES string of the molecule is O=C(CN1C(=O)C(=Cc2cccc(Br)c2)Oc2ccccc21)NC1CCCC1. The van der Waals surface area contributed by atoms with Crippen LogP contribution >= 0.6 is 15.9 Å². The van der Waals surface area contributed by atoms with E-state index in [2.05, 4.69) is 21.2 Å². The molecule has 0 saturated heterocycles. The molecule has 0 spiro atoms. The Morgan fingerprint density at radius 1 is 1.18 bits per heavy atom. The largest absolute Gasteiger partial charge is 0.449 e. The summed E-state index contributed by atoms with van der Waals surface area (Å²) in [6, 6.07) is 15.1. The number of benzene rings is 2. The summed E-state index contributed by atoms with van der Waals surface area (Å²) in [5.74, 6) is 0.307. The van der Waals surface area contributed by atoms with Gasteiger partial charge in [-0.15, -0.1) is 0 Å². The minimum Gasteiger partial charge on any atom is -0.449 e. The molecule has 1 saturated carbocycles. The first-order valence-electron chi connectivity index (χ1n) is 9.45. The molecule has 144 valence electrons.